The third kappa shape index (κ3) is 5.74. The van der Waals surface area contributed by atoms with Gasteiger partial charge in [0.25, 0.3) is 5.91 Å². The van der Waals surface area contributed by atoms with Gasteiger partial charge in [0.15, 0.2) is 6.61 Å². The van der Waals surface area contributed by atoms with Crippen LogP contribution in [0.15, 0.2) is 66.7 Å². The molecule has 1 N–H and O–H groups in total. The van der Waals surface area contributed by atoms with Crippen LogP contribution in [0.2, 0.25) is 0 Å². The number of nitrogens with one attached hydrogen (secondary N) is 1. The number of carbonyl (C=O) groups excluding carboxylic acids is 1. The van der Waals surface area contributed by atoms with Gasteiger partial charge in [0.05, 0.1) is 6.61 Å². The van der Waals surface area contributed by atoms with Crippen LogP contribution in [0.25, 0.3) is 10.8 Å². The summed E-state index contributed by atoms with van der Waals surface area (Å²) in [6, 6.07) is 22.0. The molecule has 0 aliphatic heterocycles. The number of amides is 1. The summed E-state index contributed by atoms with van der Waals surface area (Å²) in [5.74, 6) is 1.49. The van der Waals surface area contributed by atoms with Crippen molar-refractivity contribution in [2.24, 2.45) is 0 Å². The summed E-state index contributed by atoms with van der Waals surface area (Å²) in [5.41, 5.74) is 1.24. The molecule has 0 atom stereocenters. The number of aryl methyl sites for hydroxylation is 1. The van der Waals surface area contributed by atoms with Crippen molar-refractivity contribution < 1.29 is 14.3 Å². The maximum Gasteiger partial charge on any atom is 0.257 e. The van der Waals surface area contributed by atoms with E-state index in [0.717, 1.165) is 29.4 Å². The quantitative estimate of drug-likeness (QED) is 0.575. The number of benzene rings is 3. The minimum absolute atomic E-state index is 0.0292. The smallest absolute Gasteiger partial charge is 0.257 e. The third-order valence-electron chi connectivity index (χ3n) is 4.29. The van der Waals surface area contributed by atoms with Gasteiger partial charge in [-0.15, -0.1) is 0 Å². The fraction of sp³-hybridized carbons (Fsp3) is 0.261. The zero-order valence-electron chi connectivity index (χ0n) is 15.6. The molecule has 3 aromatic rings. The second kappa shape index (κ2) is 9.62. The number of hydrogen-bond donors (Lipinski definition) is 1. The van der Waals surface area contributed by atoms with Crippen molar-refractivity contribution in [1.29, 1.82) is 0 Å². The normalized spacial score (nSPS) is 10.6. The largest absolute Gasteiger partial charge is 0.494 e. The van der Waals surface area contributed by atoms with Crippen molar-refractivity contribution in [2.75, 3.05) is 19.8 Å². The second-order valence-corrected chi connectivity index (χ2v) is 6.33. The van der Waals surface area contributed by atoms with Gasteiger partial charge in [-0.3, -0.25) is 4.79 Å². The molecular formula is C23H25NO3. The van der Waals surface area contributed by atoms with E-state index in [1.807, 2.05) is 55.5 Å². The number of hydrogen-bond acceptors (Lipinski definition) is 3. The van der Waals surface area contributed by atoms with Crippen LogP contribution in [0.5, 0.6) is 11.5 Å². The average Bonchev–Trinajstić information content (AvgIpc) is 2.71. The van der Waals surface area contributed by atoms with Crippen LogP contribution < -0.4 is 14.8 Å². The van der Waals surface area contributed by atoms with Crippen LogP contribution in [-0.2, 0) is 11.2 Å². The Morgan fingerprint density at radius 2 is 1.63 bits per heavy atom. The van der Waals surface area contributed by atoms with Crippen LogP contribution in [0.4, 0.5) is 0 Å². The lowest BCUT2D eigenvalue weighted by molar-refractivity contribution is -0.123. The highest BCUT2D eigenvalue weighted by Gasteiger charge is 2.03. The fourth-order valence-electron chi connectivity index (χ4n) is 2.90. The van der Waals surface area contributed by atoms with Crippen molar-refractivity contribution in [3.05, 3.63) is 72.3 Å². The Hall–Kier alpha value is -3.01. The van der Waals surface area contributed by atoms with Crippen molar-refractivity contribution >= 4 is 16.7 Å². The van der Waals surface area contributed by atoms with Crippen LogP contribution in [0, 0.1) is 0 Å². The lowest BCUT2D eigenvalue weighted by atomic mass is 10.1. The highest BCUT2D eigenvalue weighted by molar-refractivity contribution is 5.84. The Balaban J connectivity index is 1.36. The summed E-state index contributed by atoms with van der Waals surface area (Å²) in [4.78, 5) is 12.0. The molecule has 0 bridgehead atoms. The van der Waals surface area contributed by atoms with Gasteiger partial charge in [-0.2, -0.15) is 0 Å². The average molecular weight is 363 g/mol. The highest BCUT2D eigenvalue weighted by Crippen LogP contribution is 2.20. The first kappa shape index (κ1) is 18.8. The molecule has 0 saturated heterocycles. The van der Waals surface area contributed by atoms with E-state index >= 15 is 0 Å². The minimum atomic E-state index is -0.102. The summed E-state index contributed by atoms with van der Waals surface area (Å²) in [6.45, 7) is 3.31. The van der Waals surface area contributed by atoms with Crippen molar-refractivity contribution in [3.8, 4) is 11.5 Å². The number of ether oxygens (including phenoxy) is 2. The molecule has 0 aliphatic rings. The van der Waals surface area contributed by atoms with E-state index in [4.69, 9.17) is 9.47 Å². The van der Waals surface area contributed by atoms with Crippen molar-refractivity contribution in [3.63, 3.8) is 0 Å². The third-order valence-corrected chi connectivity index (χ3v) is 4.29. The SMILES string of the molecule is CCOc1ccc(CCCNC(=O)COc2ccc3ccccc3c2)cc1. The van der Waals surface area contributed by atoms with Crippen molar-refractivity contribution in [1.82, 2.24) is 5.32 Å². The maximum atomic E-state index is 12.0. The molecule has 4 nitrogen and oxygen atoms in total. The Kier molecular flexibility index (Phi) is 6.69. The summed E-state index contributed by atoms with van der Waals surface area (Å²) >= 11 is 0. The van der Waals surface area contributed by atoms with Gasteiger partial charge < -0.3 is 14.8 Å². The van der Waals surface area contributed by atoms with E-state index in [-0.39, 0.29) is 12.5 Å². The molecular weight excluding hydrogens is 338 g/mol. The number of rotatable bonds is 9. The molecule has 1 amide bonds. The zero-order chi connectivity index (χ0) is 18.9. The van der Waals surface area contributed by atoms with Gasteiger partial charge in [-0.05, 0) is 60.4 Å². The van der Waals surface area contributed by atoms with Crippen LogP contribution in [-0.4, -0.2) is 25.7 Å². The molecule has 0 aromatic heterocycles. The van der Waals surface area contributed by atoms with E-state index in [2.05, 4.69) is 23.5 Å². The molecule has 0 radical (unpaired) electrons. The lowest BCUT2D eigenvalue weighted by Crippen LogP contribution is -2.29. The Labute approximate surface area is 160 Å². The zero-order valence-corrected chi connectivity index (χ0v) is 15.6. The van der Waals surface area contributed by atoms with E-state index in [1.165, 1.54) is 5.56 Å². The predicted octanol–water partition coefficient (Wildman–Crippen LogP) is 4.37. The van der Waals surface area contributed by atoms with Crippen molar-refractivity contribution in [2.45, 2.75) is 19.8 Å². The Morgan fingerprint density at radius 3 is 2.41 bits per heavy atom. The first-order chi connectivity index (χ1) is 13.2. The summed E-state index contributed by atoms with van der Waals surface area (Å²) < 4.78 is 11.0. The van der Waals surface area contributed by atoms with Gasteiger partial charge in [-0.1, -0.05) is 42.5 Å². The first-order valence-electron chi connectivity index (χ1n) is 9.34. The minimum Gasteiger partial charge on any atom is -0.494 e. The molecule has 0 unspecified atom stereocenters. The van der Waals surface area contributed by atoms with Gasteiger partial charge in [0.1, 0.15) is 11.5 Å². The van der Waals surface area contributed by atoms with Gasteiger partial charge in [0.2, 0.25) is 0 Å². The molecule has 3 rings (SSSR count). The maximum absolute atomic E-state index is 12.0. The second-order valence-electron chi connectivity index (χ2n) is 6.33. The molecule has 0 heterocycles. The monoisotopic (exact) mass is 363 g/mol. The number of fused-ring (bicyclic) bond motifs is 1. The lowest BCUT2D eigenvalue weighted by Gasteiger charge is -2.09. The van der Waals surface area contributed by atoms with Crippen LogP contribution >= 0.6 is 0 Å². The molecule has 0 saturated carbocycles. The van der Waals surface area contributed by atoms with E-state index < -0.39 is 0 Å². The fourth-order valence-corrected chi connectivity index (χ4v) is 2.90. The number of carbonyl (C=O) groups is 1. The summed E-state index contributed by atoms with van der Waals surface area (Å²) in [5, 5.41) is 5.16. The van der Waals surface area contributed by atoms with Gasteiger partial charge >= 0.3 is 0 Å². The Morgan fingerprint density at radius 1 is 0.889 bits per heavy atom. The highest BCUT2D eigenvalue weighted by atomic mass is 16.5. The van der Waals surface area contributed by atoms with Crippen LogP contribution in [0.3, 0.4) is 0 Å². The van der Waals surface area contributed by atoms with E-state index in [9.17, 15) is 4.79 Å². The molecule has 0 aliphatic carbocycles. The predicted molar refractivity (Wildman–Crippen MR) is 108 cm³/mol. The summed E-state index contributed by atoms with van der Waals surface area (Å²) in [7, 11) is 0. The molecule has 0 spiro atoms. The van der Waals surface area contributed by atoms with Gasteiger partial charge in [0, 0.05) is 6.54 Å². The Bertz CT molecular complexity index is 874. The summed E-state index contributed by atoms with van der Waals surface area (Å²) in [6.07, 6.45) is 1.80. The van der Waals surface area contributed by atoms with E-state index in [0.29, 0.717) is 18.9 Å². The molecule has 4 heteroatoms. The first-order valence-corrected chi connectivity index (χ1v) is 9.34. The standard InChI is InChI=1S/C23H25NO3/c1-2-26-21-12-9-18(10-13-21)6-5-15-24-23(25)17-27-22-14-11-19-7-3-4-8-20(19)16-22/h3-4,7-14,16H,2,5-6,15,17H2,1H3,(H,24,25). The van der Waals surface area contributed by atoms with Crippen LogP contribution in [0.1, 0.15) is 18.9 Å². The topological polar surface area (TPSA) is 47.6 Å². The molecule has 3 aromatic carbocycles. The molecule has 0 fully saturated rings. The molecule has 140 valence electrons. The van der Waals surface area contributed by atoms with Gasteiger partial charge in [-0.25, -0.2) is 0 Å². The van der Waals surface area contributed by atoms with E-state index in [1.54, 1.807) is 0 Å². The molecule has 27 heavy (non-hydrogen) atoms.